The maximum absolute atomic E-state index is 14.5. The van der Waals surface area contributed by atoms with E-state index >= 15 is 0 Å². The number of carbonyl (C=O) groups is 6. The van der Waals surface area contributed by atoms with Crippen LogP contribution in [0, 0.1) is 11.8 Å². The highest BCUT2D eigenvalue weighted by Gasteiger charge is 2.41. The molecule has 0 unspecified atom stereocenters. The third kappa shape index (κ3) is 10.5. The number of amides is 4. The second-order valence-electron chi connectivity index (χ2n) is 18.5. The predicted octanol–water partition coefficient (Wildman–Crippen LogP) is 9.85. The van der Waals surface area contributed by atoms with Crippen molar-refractivity contribution in [2.75, 3.05) is 27.3 Å². The number of alkyl carbamates (subject to hydrolysis) is 2. The summed E-state index contributed by atoms with van der Waals surface area (Å²) in [7, 11) is 2.49. The van der Waals surface area contributed by atoms with Crippen LogP contribution in [0.5, 0.6) is 0 Å². The molecule has 18 heteroatoms. The number of nitrogens with zero attached hydrogens (tertiary/aromatic N) is 6. The Bertz CT molecular complexity index is 2770. The molecule has 4 amide bonds. The smallest absolute Gasteiger partial charge is 0.407 e. The monoisotopic (exact) mass is 1010 g/mol. The van der Waals surface area contributed by atoms with E-state index in [2.05, 4.69) is 10.6 Å². The van der Waals surface area contributed by atoms with Crippen molar-refractivity contribution in [1.29, 1.82) is 0 Å². The van der Waals surface area contributed by atoms with Gasteiger partial charge in [-0.15, -0.1) is 0 Å². The third-order valence-electron chi connectivity index (χ3n) is 13.3. The van der Waals surface area contributed by atoms with Gasteiger partial charge in [0.25, 0.3) is 11.8 Å². The molecule has 2 aromatic heterocycles. The number of ether oxygens (including phenoxy) is 2. The van der Waals surface area contributed by atoms with Crippen LogP contribution in [-0.2, 0) is 19.1 Å². The Morgan fingerprint density at radius 3 is 1.18 bits per heavy atom. The first-order valence-corrected chi connectivity index (χ1v) is 24.6. The summed E-state index contributed by atoms with van der Waals surface area (Å²) in [5, 5.41) is 6.32. The van der Waals surface area contributed by atoms with Gasteiger partial charge in [0, 0.05) is 45.4 Å². The average molecular weight is 1020 g/mol. The normalized spacial score (nSPS) is 16.4. The lowest BCUT2D eigenvalue weighted by Crippen LogP contribution is -2.51. The molecule has 0 aliphatic carbocycles. The summed E-state index contributed by atoms with van der Waals surface area (Å²) < 4.78 is 12.8. The molecule has 4 aromatic carbocycles. The van der Waals surface area contributed by atoms with Gasteiger partial charge in [-0.05, 0) is 97.2 Å². The molecule has 8 rings (SSSR count). The van der Waals surface area contributed by atoms with Crippen LogP contribution in [0.4, 0.5) is 9.59 Å². The van der Waals surface area contributed by atoms with Crippen molar-refractivity contribution in [3.05, 3.63) is 142 Å². The second kappa shape index (κ2) is 22.0. The largest absolute Gasteiger partial charge is 0.453 e. The van der Waals surface area contributed by atoms with E-state index in [4.69, 9.17) is 42.6 Å². The number of hydrogen-bond donors (Lipinski definition) is 2. The lowest BCUT2D eigenvalue weighted by molar-refractivity contribution is -0.136. The molecule has 4 atom stereocenters. The number of benzene rings is 4. The van der Waals surface area contributed by atoms with Crippen LogP contribution in [0.2, 0.25) is 10.0 Å². The van der Waals surface area contributed by atoms with Crippen molar-refractivity contribution in [3.8, 4) is 33.6 Å². The molecular weight excluding hydrogens is 960 g/mol. The Hall–Kier alpha value is -7.30. The minimum Gasteiger partial charge on any atom is -0.453 e. The van der Waals surface area contributed by atoms with Crippen LogP contribution in [0.1, 0.15) is 97.8 Å². The summed E-state index contributed by atoms with van der Waals surface area (Å²) in [5.74, 6) is -0.963. The molecule has 16 nitrogen and oxygen atoms in total. The lowest BCUT2D eigenvalue weighted by atomic mass is 10.0. The molecule has 0 bridgehead atoms. The number of rotatable bonds is 13. The SMILES string of the molecule is COC(=O)N[C@H](C(=O)N1CCC[C@@H]1c1ncc(-c2ccc(-c3ccc(-c4cnc([C@H]5CCCN5C(=O)[C@@H](NC(=O)OC)C(C)C)n4C(=O)c4ccc(Cl)cc4)cc3)cc2)n1C(=O)c1ccc(Cl)cc1)C(C)C. The summed E-state index contributed by atoms with van der Waals surface area (Å²) in [6.45, 7) is 8.21. The van der Waals surface area contributed by atoms with E-state index in [9.17, 15) is 28.8 Å². The second-order valence-corrected chi connectivity index (χ2v) is 19.4. The zero-order valence-electron chi connectivity index (χ0n) is 40.8. The highest BCUT2D eigenvalue weighted by molar-refractivity contribution is 6.31. The standard InChI is InChI=1S/C54H56Cl2N8O8/c1-31(2)45(59-53(69)71-5)51(67)61-27-7-9-41(61)47-57-29-43(63(47)49(65)37-19-23-39(55)24-20-37)35-15-11-33(12-16-35)34-13-17-36(18-14-34)44-30-58-48(64(44)50(66)38-21-25-40(56)26-22-38)42-10-8-28-62(42)52(68)46(32(3)4)60-54(70)72-6/h11-26,29-32,41-42,45-46H,7-10,27-28H2,1-6H3,(H,59,69)(H,60,70)/t41-,42-,45+,46+/m1/s1. The number of nitrogens with one attached hydrogen (secondary N) is 2. The van der Waals surface area contributed by atoms with Gasteiger partial charge in [0.15, 0.2) is 0 Å². The van der Waals surface area contributed by atoms with Gasteiger partial charge in [0.05, 0.1) is 50.1 Å². The minimum atomic E-state index is -0.854. The van der Waals surface area contributed by atoms with Crippen LogP contribution < -0.4 is 10.6 Å². The average Bonchev–Trinajstić information content (AvgIpc) is 4.23. The molecule has 0 spiro atoms. The number of imidazole rings is 2. The van der Waals surface area contributed by atoms with Crippen LogP contribution in [0.25, 0.3) is 33.6 Å². The first-order valence-electron chi connectivity index (χ1n) is 23.9. The molecule has 374 valence electrons. The summed E-state index contributed by atoms with van der Waals surface area (Å²) in [4.78, 5) is 94.9. The van der Waals surface area contributed by atoms with Crippen molar-refractivity contribution in [3.63, 3.8) is 0 Å². The number of likely N-dealkylation sites (tertiary alicyclic amines) is 2. The van der Waals surface area contributed by atoms with E-state index in [1.807, 2.05) is 76.2 Å². The first-order chi connectivity index (χ1) is 34.6. The number of carbonyl (C=O) groups excluding carboxylic acids is 6. The Labute approximate surface area is 427 Å². The lowest BCUT2D eigenvalue weighted by Gasteiger charge is -2.30. The molecule has 2 saturated heterocycles. The number of methoxy groups -OCH3 is 2. The first kappa shape index (κ1) is 51.1. The Balaban J connectivity index is 1.11. The number of halogens is 2. The van der Waals surface area contributed by atoms with Crippen LogP contribution in [0.15, 0.2) is 109 Å². The van der Waals surface area contributed by atoms with Crippen molar-refractivity contribution in [2.45, 2.75) is 77.5 Å². The zero-order chi connectivity index (χ0) is 51.4. The predicted molar refractivity (Wildman–Crippen MR) is 272 cm³/mol. The van der Waals surface area contributed by atoms with Gasteiger partial charge in [-0.2, -0.15) is 0 Å². The third-order valence-corrected chi connectivity index (χ3v) is 13.8. The maximum atomic E-state index is 14.5. The van der Waals surface area contributed by atoms with Gasteiger partial charge < -0.3 is 29.9 Å². The molecule has 2 aliphatic rings. The molecule has 72 heavy (non-hydrogen) atoms. The molecule has 2 fully saturated rings. The molecule has 0 saturated carbocycles. The van der Waals surface area contributed by atoms with Crippen molar-refractivity contribution in [1.82, 2.24) is 39.5 Å². The van der Waals surface area contributed by atoms with E-state index in [0.29, 0.717) is 94.1 Å². The van der Waals surface area contributed by atoms with E-state index in [1.165, 1.54) is 14.2 Å². The number of aromatic nitrogens is 4. The van der Waals surface area contributed by atoms with Gasteiger partial charge in [0.2, 0.25) is 11.8 Å². The van der Waals surface area contributed by atoms with Gasteiger partial charge in [-0.3, -0.25) is 28.3 Å². The van der Waals surface area contributed by atoms with Crippen LogP contribution >= 0.6 is 23.2 Å². The van der Waals surface area contributed by atoms with Gasteiger partial charge in [-0.1, -0.05) is 99.4 Å². The summed E-state index contributed by atoms with van der Waals surface area (Å²) in [6, 6.07) is 25.8. The van der Waals surface area contributed by atoms with Crippen LogP contribution in [0.3, 0.4) is 0 Å². The fourth-order valence-electron chi connectivity index (χ4n) is 9.50. The molecule has 2 aliphatic heterocycles. The minimum absolute atomic E-state index is 0.242. The Kier molecular flexibility index (Phi) is 15.6. The Morgan fingerprint density at radius 2 is 0.861 bits per heavy atom. The molecule has 6 aromatic rings. The molecule has 0 radical (unpaired) electrons. The summed E-state index contributed by atoms with van der Waals surface area (Å²) >= 11 is 12.4. The fourth-order valence-corrected chi connectivity index (χ4v) is 9.75. The van der Waals surface area contributed by atoms with E-state index in [1.54, 1.807) is 79.9 Å². The van der Waals surface area contributed by atoms with Gasteiger partial charge in [-0.25, -0.2) is 19.6 Å². The Morgan fingerprint density at radius 1 is 0.528 bits per heavy atom. The number of hydrogen-bond acceptors (Lipinski definition) is 10. The van der Waals surface area contributed by atoms with Crippen molar-refractivity contribution in [2.24, 2.45) is 11.8 Å². The van der Waals surface area contributed by atoms with Crippen molar-refractivity contribution >= 4 is 59.0 Å². The van der Waals surface area contributed by atoms with Crippen molar-refractivity contribution < 1.29 is 38.2 Å². The topological polar surface area (TPSA) is 187 Å². The quantitative estimate of drug-likeness (QED) is 0.113. The highest BCUT2D eigenvalue weighted by atomic mass is 35.5. The summed E-state index contributed by atoms with van der Waals surface area (Å²) in [5.41, 5.74) is 4.96. The zero-order valence-corrected chi connectivity index (χ0v) is 42.3. The van der Waals surface area contributed by atoms with Gasteiger partial charge in [0.1, 0.15) is 23.7 Å². The van der Waals surface area contributed by atoms with Gasteiger partial charge >= 0.3 is 12.2 Å². The molecule has 2 N–H and O–H groups in total. The summed E-state index contributed by atoms with van der Waals surface area (Å²) in [6.07, 6.45) is 4.32. The van der Waals surface area contributed by atoms with E-state index in [-0.39, 0.29) is 35.5 Å². The van der Waals surface area contributed by atoms with E-state index in [0.717, 1.165) is 11.1 Å². The fraction of sp³-hybridized carbons (Fsp3) is 0.333. The van der Waals surface area contributed by atoms with Crippen LogP contribution in [-0.4, -0.2) is 104 Å². The highest BCUT2D eigenvalue weighted by Crippen LogP contribution is 2.38. The molecular formula is C54H56Cl2N8O8. The molecule has 4 heterocycles. The van der Waals surface area contributed by atoms with E-state index < -0.39 is 36.4 Å². The maximum Gasteiger partial charge on any atom is 0.407 e.